The second kappa shape index (κ2) is 10.6. The van der Waals surface area contributed by atoms with E-state index >= 15 is 0 Å². The number of aryl methyl sites for hydroxylation is 1. The van der Waals surface area contributed by atoms with Gasteiger partial charge < -0.3 is 14.5 Å². The van der Waals surface area contributed by atoms with Gasteiger partial charge in [0.2, 0.25) is 5.89 Å². The fourth-order valence-electron chi connectivity index (χ4n) is 2.76. The Morgan fingerprint density at radius 1 is 1.13 bits per heavy atom. The number of benzene rings is 2. The molecular formula is C22H23N3O4S. The topological polar surface area (TPSA) is 94.3 Å². The normalized spacial score (nSPS) is 11.7. The van der Waals surface area contributed by atoms with Gasteiger partial charge in [0.25, 0.3) is 11.8 Å². The van der Waals surface area contributed by atoms with Crippen molar-refractivity contribution in [2.45, 2.75) is 26.0 Å². The van der Waals surface area contributed by atoms with Crippen molar-refractivity contribution in [3.05, 3.63) is 71.6 Å². The number of ether oxygens (including phenoxy) is 1. The van der Waals surface area contributed by atoms with Gasteiger partial charge in [0.05, 0.1) is 0 Å². The lowest BCUT2D eigenvalue weighted by molar-refractivity contribution is -0.148. The van der Waals surface area contributed by atoms with E-state index in [9.17, 15) is 9.59 Å². The molecule has 1 atom stereocenters. The van der Waals surface area contributed by atoms with Crippen molar-refractivity contribution in [2.75, 3.05) is 12.0 Å². The zero-order chi connectivity index (χ0) is 21.3. The summed E-state index contributed by atoms with van der Waals surface area (Å²) < 4.78 is 10.9. The summed E-state index contributed by atoms with van der Waals surface area (Å²) in [6.45, 7) is 1.75. The minimum absolute atomic E-state index is 0.158. The first kappa shape index (κ1) is 21.6. The highest BCUT2D eigenvalue weighted by Crippen LogP contribution is 2.17. The van der Waals surface area contributed by atoms with Crippen molar-refractivity contribution in [3.8, 4) is 11.5 Å². The van der Waals surface area contributed by atoms with Crippen molar-refractivity contribution in [1.82, 2.24) is 15.5 Å². The first-order valence-electron chi connectivity index (χ1n) is 9.47. The monoisotopic (exact) mass is 425 g/mol. The quantitative estimate of drug-likeness (QED) is 0.523. The summed E-state index contributed by atoms with van der Waals surface area (Å²) in [7, 11) is 0. The van der Waals surface area contributed by atoms with Crippen molar-refractivity contribution >= 4 is 23.6 Å². The van der Waals surface area contributed by atoms with Gasteiger partial charge in [-0.1, -0.05) is 35.9 Å². The lowest BCUT2D eigenvalue weighted by Gasteiger charge is -2.17. The Hall–Kier alpha value is -3.13. The second-order valence-corrected chi connectivity index (χ2v) is 7.64. The number of nitrogens with zero attached hydrogens (tertiary/aromatic N) is 2. The van der Waals surface area contributed by atoms with Crippen molar-refractivity contribution in [2.24, 2.45) is 0 Å². The van der Waals surface area contributed by atoms with E-state index in [1.165, 1.54) is 0 Å². The molecule has 2 aromatic carbocycles. The summed E-state index contributed by atoms with van der Waals surface area (Å²) in [6.07, 6.45) is 2.39. The van der Waals surface area contributed by atoms with E-state index in [2.05, 4.69) is 15.5 Å². The fourth-order valence-corrected chi connectivity index (χ4v) is 3.23. The number of amides is 1. The molecule has 1 N–H and O–H groups in total. The standard InChI is InChI=1S/C22H23N3O4S/c1-15-7-6-10-17(13-15)20(26)23-18(11-12-30-2)22(27)28-14-19-24-25-21(29-19)16-8-4-3-5-9-16/h3-10,13,18H,11-12,14H2,1-2H3,(H,23,26)/t18-/m0/s1. The Balaban J connectivity index is 1.61. The van der Waals surface area contributed by atoms with Crippen molar-refractivity contribution in [1.29, 1.82) is 0 Å². The van der Waals surface area contributed by atoms with E-state index in [4.69, 9.17) is 9.15 Å². The Morgan fingerprint density at radius 3 is 2.67 bits per heavy atom. The van der Waals surface area contributed by atoms with Crippen LogP contribution in [-0.4, -0.2) is 40.1 Å². The molecule has 156 valence electrons. The van der Waals surface area contributed by atoms with Crippen LogP contribution in [0.1, 0.15) is 28.2 Å². The van der Waals surface area contributed by atoms with E-state index in [1.807, 2.05) is 49.6 Å². The van der Waals surface area contributed by atoms with Gasteiger partial charge >= 0.3 is 5.97 Å². The summed E-state index contributed by atoms with van der Waals surface area (Å²) in [5, 5.41) is 10.7. The molecule has 3 aromatic rings. The van der Waals surface area contributed by atoms with Crippen LogP contribution in [-0.2, 0) is 16.1 Å². The van der Waals surface area contributed by atoms with Crippen LogP contribution in [0.3, 0.4) is 0 Å². The van der Waals surface area contributed by atoms with Crippen LogP contribution in [0.5, 0.6) is 0 Å². The van der Waals surface area contributed by atoms with Crippen LogP contribution in [0, 0.1) is 6.92 Å². The molecule has 0 fully saturated rings. The van der Waals surface area contributed by atoms with Crippen LogP contribution in [0.4, 0.5) is 0 Å². The summed E-state index contributed by atoms with van der Waals surface area (Å²) in [4.78, 5) is 25.1. The molecule has 0 aliphatic carbocycles. The summed E-state index contributed by atoms with van der Waals surface area (Å²) in [5.41, 5.74) is 2.25. The number of hydrogen-bond acceptors (Lipinski definition) is 7. The molecule has 3 rings (SSSR count). The molecular weight excluding hydrogens is 402 g/mol. The predicted molar refractivity (Wildman–Crippen MR) is 115 cm³/mol. The Bertz CT molecular complexity index is 991. The third-order valence-corrected chi connectivity index (χ3v) is 4.95. The third kappa shape index (κ3) is 5.93. The first-order chi connectivity index (χ1) is 14.6. The number of carbonyl (C=O) groups excluding carboxylic acids is 2. The van der Waals surface area contributed by atoms with E-state index in [-0.39, 0.29) is 18.4 Å². The van der Waals surface area contributed by atoms with Gasteiger partial charge in [0, 0.05) is 11.1 Å². The number of thioether (sulfide) groups is 1. The maximum Gasteiger partial charge on any atom is 0.329 e. The largest absolute Gasteiger partial charge is 0.454 e. The molecule has 1 aromatic heterocycles. The average molecular weight is 426 g/mol. The lowest BCUT2D eigenvalue weighted by atomic mass is 10.1. The first-order valence-corrected chi connectivity index (χ1v) is 10.9. The highest BCUT2D eigenvalue weighted by molar-refractivity contribution is 7.98. The maximum atomic E-state index is 12.6. The van der Waals surface area contributed by atoms with E-state index in [0.717, 1.165) is 11.1 Å². The molecule has 0 bridgehead atoms. The van der Waals surface area contributed by atoms with Gasteiger partial charge in [-0.05, 0) is 49.6 Å². The van der Waals surface area contributed by atoms with E-state index < -0.39 is 12.0 Å². The number of carbonyl (C=O) groups is 2. The van der Waals surface area contributed by atoms with Gasteiger partial charge in [-0.2, -0.15) is 11.8 Å². The fraction of sp³-hybridized carbons (Fsp3) is 0.273. The highest BCUT2D eigenvalue weighted by atomic mass is 32.2. The molecule has 0 unspecified atom stereocenters. The van der Waals surface area contributed by atoms with Crippen LogP contribution < -0.4 is 5.32 Å². The summed E-state index contributed by atoms with van der Waals surface area (Å²) in [6, 6.07) is 15.8. The molecule has 0 aliphatic rings. The highest BCUT2D eigenvalue weighted by Gasteiger charge is 2.23. The lowest BCUT2D eigenvalue weighted by Crippen LogP contribution is -2.42. The Kier molecular flexibility index (Phi) is 7.62. The molecule has 0 spiro atoms. The predicted octanol–water partition coefficient (Wildman–Crippen LogP) is 3.64. The van der Waals surface area contributed by atoms with Gasteiger partial charge in [0.1, 0.15) is 6.04 Å². The van der Waals surface area contributed by atoms with Gasteiger partial charge in [-0.25, -0.2) is 4.79 Å². The molecule has 0 saturated heterocycles. The average Bonchev–Trinajstić information content (AvgIpc) is 3.24. The number of esters is 1. The van der Waals surface area contributed by atoms with Crippen LogP contribution in [0.15, 0.2) is 59.0 Å². The molecule has 0 radical (unpaired) electrons. The van der Waals surface area contributed by atoms with Crippen LogP contribution in [0.25, 0.3) is 11.5 Å². The minimum Gasteiger partial charge on any atom is -0.454 e. The molecule has 1 heterocycles. The van der Waals surface area contributed by atoms with Gasteiger partial charge in [-0.3, -0.25) is 4.79 Å². The number of aromatic nitrogens is 2. The molecule has 0 aliphatic heterocycles. The Labute approximate surface area is 179 Å². The van der Waals surface area contributed by atoms with Crippen LogP contribution >= 0.6 is 11.8 Å². The smallest absolute Gasteiger partial charge is 0.329 e. The number of rotatable bonds is 9. The number of hydrogen-bond donors (Lipinski definition) is 1. The Morgan fingerprint density at radius 2 is 1.93 bits per heavy atom. The van der Waals surface area contributed by atoms with Gasteiger partial charge in [0.15, 0.2) is 6.61 Å². The molecule has 30 heavy (non-hydrogen) atoms. The molecule has 1 amide bonds. The zero-order valence-corrected chi connectivity index (χ0v) is 17.6. The molecule has 8 heteroatoms. The summed E-state index contributed by atoms with van der Waals surface area (Å²) in [5.74, 6) is 0.395. The third-order valence-electron chi connectivity index (χ3n) is 4.31. The van der Waals surface area contributed by atoms with Crippen molar-refractivity contribution < 1.29 is 18.7 Å². The summed E-state index contributed by atoms with van der Waals surface area (Å²) >= 11 is 1.59. The number of nitrogens with one attached hydrogen (secondary N) is 1. The van der Waals surface area contributed by atoms with Crippen LogP contribution in [0.2, 0.25) is 0 Å². The SMILES string of the molecule is CSCC[C@H](NC(=O)c1cccc(C)c1)C(=O)OCc1nnc(-c2ccccc2)o1. The molecule has 0 saturated carbocycles. The van der Waals surface area contributed by atoms with E-state index in [1.54, 1.807) is 30.0 Å². The zero-order valence-electron chi connectivity index (χ0n) is 16.8. The second-order valence-electron chi connectivity index (χ2n) is 6.65. The van der Waals surface area contributed by atoms with E-state index in [0.29, 0.717) is 23.6 Å². The molecule has 7 nitrogen and oxygen atoms in total. The maximum absolute atomic E-state index is 12.6. The minimum atomic E-state index is -0.762. The van der Waals surface area contributed by atoms with Gasteiger partial charge in [-0.15, -0.1) is 10.2 Å². The van der Waals surface area contributed by atoms with Crippen molar-refractivity contribution in [3.63, 3.8) is 0 Å².